The van der Waals surface area contributed by atoms with E-state index in [1.807, 2.05) is 0 Å². The zero-order valence-corrected chi connectivity index (χ0v) is 15.0. The molecular weight excluding hydrogens is 332 g/mol. The molecule has 0 spiro atoms. The summed E-state index contributed by atoms with van der Waals surface area (Å²) in [7, 11) is 2.69. The van der Waals surface area contributed by atoms with Crippen molar-refractivity contribution in [1.82, 2.24) is 5.32 Å². The molecule has 0 aromatic carbocycles. The van der Waals surface area contributed by atoms with E-state index in [1.54, 1.807) is 20.8 Å². The lowest BCUT2D eigenvalue weighted by atomic mass is 9.88. The van der Waals surface area contributed by atoms with Gasteiger partial charge in [-0.05, 0) is 38.8 Å². The van der Waals surface area contributed by atoms with E-state index < -0.39 is 35.9 Å². The smallest absolute Gasteiger partial charge is 0.407 e. The fraction of sp³-hybridized carbons (Fsp3) is 0.733. The molecule has 1 aliphatic rings. The Kier molecular flexibility index (Phi) is 7.69. The summed E-state index contributed by atoms with van der Waals surface area (Å²) in [6.45, 7) is 5.11. The van der Waals surface area contributed by atoms with Gasteiger partial charge in [-0.25, -0.2) is 9.59 Å². The number of azide groups is 1. The van der Waals surface area contributed by atoms with Crippen LogP contribution in [0.5, 0.6) is 0 Å². The van der Waals surface area contributed by atoms with Crippen LogP contribution in [0, 0.1) is 0 Å². The van der Waals surface area contributed by atoms with Crippen LogP contribution in [0.15, 0.2) is 16.8 Å². The molecule has 0 unspecified atom stereocenters. The first-order chi connectivity index (χ1) is 11.7. The van der Waals surface area contributed by atoms with Crippen LogP contribution in [-0.2, 0) is 23.7 Å². The monoisotopic (exact) mass is 356 g/mol. The Labute approximate surface area is 146 Å². The topological polar surface area (TPSA) is 132 Å². The molecule has 3 atom stereocenters. The Morgan fingerprint density at radius 3 is 2.60 bits per heavy atom. The maximum absolute atomic E-state index is 12.1. The maximum atomic E-state index is 12.1. The minimum absolute atomic E-state index is 0.0783. The Morgan fingerprint density at radius 1 is 1.40 bits per heavy atom. The third-order valence-corrected chi connectivity index (χ3v) is 3.27. The first kappa shape index (κ1) is 20.8. The van der Waals surface area contributed by atoms with Crippen LogP contribution in [0.1, 0.15) is 27.2 Å². The van der Waals surface area contributed by atoms with Gasteiger partial charge in [0.1, 0.15) is 12.4 Å². The average Bonchev–Trinajstić information content (AvgIpc) is 2.52. The lowest BCUT2D eigenvalue weighted by Gasteiger charge is -2.35. The minimum Gasteiger partial charge on any atom is -0.466 e. The quantitative estimate of drug-likeness (QED) is 0.255. The second-order valence-electron chi connectivity index (χ2n) is 6.37. The van der Waals surface area contributed by atoms with Crippen molar-refractivity contribution in [2.75, 3.05) is 21.0 Å². The van der Waals surface area contributed by atoms with Gasteiger partial charge in [0.15, 0.2) is 0 Å². The maximum Gasteiger partial charge on any atom is 0.407 e. The molecule has 0 saturated carbocycles. The van der Waals surface area contributed by atoms with E-state index in [9.17, 15) is 9.59 Å². The third-order valence-electron chi connectivity index (χ3n) is 3.27. The highest BCUT2D eigenvalue weighted by Crippen LogP contribution is 2.25. The number of alkyl carbamates (subject to hydrolysis) is 1. The van der Waals surface area contributed by atoms with Gasteiger partial charge in [0, 0.05) is 17.6 Å². The van der Waals surface area contributed by atoms with Crippen LogP contribution in [0.4, 0.5) is 4.79 Å². The number of carbonyl (C=O) groups excluding carboxylic acids is 2. The number of hydrogen-bond acceptors (Lipinski definition) is 7. The fourth-order valence-corrected chi connectivity index (χ4v) is 2.32. The summed E-state index contributed by atoms with van der Waals surface area (Å²) in [5.74, 6) is -0.556. The molecule has 1 rings (SSSR count). The van der Waals surface area contributed by atoms with E-state index in [1.165, 1.54) is 20.3 Å². The second-order valence-corrected chi connectivity index (χ2v) is 6.37. The van der Waals surface area contributed by atoms with Crippen LogP contribution in [0.25, 0.3) is 10.4 Å². The van der Waals surface area contributed by atoms with Gasteiger partial charge in [-0.2, -0.15) is 0 Å². The largest absolute Gasteiger partial charge is 0.466 e. The van der Waals surface area contributed by atoms with Crippen LogP contribution < -0.4 is 5.32 Å². The van der Waals surface area contributed by atoms with Crippen molar-refractivity contribution in [3.63, 3.8) is 0 Å². The Balaban J connectivity index is 3.08. The first-order valence-corrected chi connectivity index (χ1v) is 7.65. The molecule has 10 heteroatoms. The molecule has 0 aliphatic heterocycles. The summed E-state index contributed by atoms with van der Waals surface area (Å²) < 4.78 is 20.3. The van der Waals surface area contributed by atoms with Crippen molar-refractivity contribution < 1.29 is 28.5 Å². The van der Waals surface area contributed by atoms with Crippen molar-refractivity contribution in [3.8, 4) is 0 Å². The van der Waals surface area contributed by atoms with Crippen LogP contribution in [0.3, 0.4) is 0 Å². The number of nitrogens with one attached hydrogen (secondary N) is 1. The molecule has 0 aromatic rings. The average molecular weight is 356 g/mol. The van der Waals surface area contributed by atoms with Crippen molar-refractivity contribution in [3.05, 3.63) is 22.1 Å². The molecule has 0 saturated heterocycles. The van der Waals surface area contributed by atoms with E-state index in [-0.39, 0.29) is 13.2 Å². The predicted octanol–water partition coefficient (Wildman–Crippen LogP) is 2.05. The number of hydrogen-bond donors (Lipinski definition) is 1. The Bertz CT molecular complexity index is 565. The molecule has 1 aliphatic carbocycles. The fourth-order valence-electron chi connectivity index (χ4n) is 2.32. The SMILES string of the molecule is COCO[C@@H]1C=C(C(=O)OC)C[C@H](N=[N+]=[N-])[C@H]1NC(=O)OC(C)(C)C. The van der Waals surface area contributed by atoms with Crippen molar-refractivity contribution in [1.29, 1.82) is 0 Å². The van der Waals surface area contributed by atoms with E-state index in [0.717, 1.165) is 0 Å². The summed E-state index contributed by atoms with van der Waals surface area (Å²) in [5.41, 5.74) is 8.42. The number of carbonyl (C=O) groups is 2. The molecule has 0 bridgehead atoms. The highest BCUT2D eigenvalue weighted by Gasteiger charge is 2.37. The van der Waals surface area contributed by atoms with E-state index in [0.29, 0.717) is 5.57 Å². The van der Waals surface area contributed by atoms with E-state index in [4.69, 9.17) is 24.5 Å². The lowest BCUT2D eigenvalue weighted by Crippen LogP contribution is -2.54. The van der Waals surface area contributed by atoms with Crippen LogP contribution in [-0.4, -0.2) is 56.9 Å². The van der Waals surface area contributed by atoms with Crippen molar-refractivity contribution >= 4 is 12.1 Å². The van der Waals surface area contributed by atoms with Gasteiger partial charge < -0.3 is 24.3 Å². The number of nitrogens with zero attached hydrogens (tertiary/aromatic N) is 3. The number of esters is 1. The second kappa shape index (κ2) is 9.26. The lowest BCUT2D eigenvalue weighted by molar-refractivity contribution is -0.136. The minimum atomic E-state index is -0.759. The number of ether oxygens (including phenoxy) is 4. The normalized spacial score (nSPS) is 23.1. The molecular formula is C15H24N4O6. The van der Waals surface area contributed by atoms with Gasteiger partial charge in [-0.15, -0.1) is 0 Å². The van der Waals surface area contributed by atoms with Gasteiger partial charge in [0.2, 0.25) is 0 Å². The van der Waals surface area contributed by atoms with E-state index >= 15 is 0 Å². The van der Waals surface area contributed by atoms with Gasteiger partial charge in [-0.1, -0.05) is 5.11 Å². The molecule has 1 amide bonds. The van der Waals surface area contributed by atoms with E-state index in [2.05, 4.69) is 15.3 Å². The molecule has 0 aromatic heterocycles. The number of amides is 1. The summed E-state index contributed by atoms with van der Waals surface area (Å²) in [6.07, 6.45) is 0.183. The number of rotatable bonds is 6. The van der Waals surface area contributed by atoms with Gasteiger partial charge in [0.05, 0.1) is 25.3 Å². The summed E-state index contributed by atoms with van der Waals surface area (Å²) >= 11 is 0. The zero-order valence-electron chi connectivity index (χ0n) is 15.0. The molecule has 0 fully saturated rings. The molecule has 0 radical (unpaired) electrons. The highest BCUT2D eigenvalue weighted by atomic mass is 16.7. The molecule has 25 heavy (non-hydrogen) atoms. The van der Waals surface area contributed by atoms with Gasteiger partial charge >= 0.3 is 12.1 Å². The van der Waals surface area contributed by atoms with Gasteiger partial charge in [0.25, 0.3) is 0 Å². The molecule has 1 N–H and O–H groups in total. The molecule has 10 nitrogen and oxygen atoms in total. The standard InChI is InChI=1S/C15H24N4O6/c1-15(2,3)25-14(21)17-12-10(18-19-16)6-9(13(20)23-5)7-11(12)24-8-22-4/h7,10-12H,6,8H2,1-5H3,(H,17,21)/t10-,11+,12+/m0/s1. The first-order valence-electron chi connectivity index (χ1n) is 7.65. The summed E-state index contributed by atoms with van der Waals surface area (Å²) in [4.78, 5) is 26.7. The molecule has 0 heterocycles. The Morgan fingerprint density at radius 2 is 2.08 bits per heavy atom. The zero-order chi connectivity index (χ0) is 19.0. The summed E-state index contributed by atoms with van der Waals surface area (Å²) in [5, 5.41) is 6.32. The van der Waals surface area contributed by atoms with Crippen molar-refractivity contribution in [2.24, 2.45) is 5.11 Å². The summed E-state index contributed by atoms with van der Waals surface area (Å²) in [6, 6.07) is -1.48. The van der Waals surface area contributed by atoms with Crippen LogP contribution >= 0.6 is 0 Å². The third kappa shape index (κ3) is 6.61. The van der Waals surface area contributed by atoms with Gasteiger partial charge in [-0.3, -0.25) is 0 Å². The number of methoxy groups -OCH3 is 2. The Hall–Kier alpha value is -2.29. The van der Waals surface area contributed by atoms with Crippen LogP contribution in [0.2, 0.25) is 0 Å². The predicted molar refractivity (Wildman–Crippen MR) is 87.6 cm³/mol. The van der Waals surface area contributed by atoms with Crippen molar-refractivity contribution in [2.45, 2.75) is 51.0 Å². The molecule has 140 valence electrons. The highest BCUT2D eigenvalue weighted by molar-refractivity contribution is 5.89.